The molecule has 0 saturated heterocycles. The molecule has 0 unspecified atom stereocenters. The first kappa shape index (κ1) is 21.0. The first-order valence-corrected chi connectivity index (χ1v) is 7.99. The second-order valence-corrected chi connectivity index (χ2v) is 5.93. The highest BCUT2D eigenvalue weighted by molar-refractivity contribution is 5.85. The average Bonchev–Trinajstić information content (AvgIpc) is 2.52. The van der Waals surface area contributed by atoms with E-state index in [1.807, 2.05) is 6.92 Å². The van der Waals surface area contributed by atoms with Crippen LogP contribution in [-0.4, -0.2) is 55.3 Å². The number of nitrogens with zero attached hydrogens (tertiary/aromatic N) is 2. The quantitative estimate of drug-likeness (QED) is 0.774. The summed E-state index contributed by atoms with van der Waals surface area (Å²) in [5.41, 5.74) is -0.602. The zero-order valence-corrected chi connectivity index (χ0v) is 14.7. The molecule has 0 heterocycles. The van der Waals surface area contributed by atoms with Gasteiger partial charge in [-0.2, -0.15) is 13.2 Å². The van der Waals surface area contributed by atoms with Gasteiger partial charge in [0, 0.05) is 20.1 Å². The number of benzene rings is 1. The van der Waals surface area contributed by atoms with Crippen LogP contribution in [0.15, 0.2) is 24.3 Å². The van der Waals surface area contributed by atoms with Crippen molar-refractivity contribution in [3.63, 3.8) is 0 Å². The lowest BCUT2D eigenvalue weighted by Crippen LogP contribution is -2.42. The second kappa shape index (κ2) is 9.41. The van der Waals surface area contributed by atoms with Gasteiger partial charge in [-0.25, -0.2) is 0 Å². The Morgan fingerprint density at radius 1 is 1.12 bits per heavy atom. The largest absolute Gasteiger partial charge is 0.416 e. The van der Waals surface area contributed by atoms with Gasteiger partial charge < -0.3 is 10.2 Å². The van der Waals surface area contributed by atoms with Gasteiger partial charge in [0.1, 0.15) is 0 Å². The highest BCUT2D eigenvalue weighted by Crippen LogP contribution is 2.32. The number of carbonyl (C=O) groups excluding carboxylic acids is 2. The molecule has 1 N–H and O–H groups in total. The van der Waals surface area contributed by atoms with Crippen molar-refractivity contribution in [1.29, 1.82) is 0 Å². The van der Waals surface area contributed by atoms with E-state index in [-0.39, 0.29) is 37.0 Å². The minimum atomic E-state index is -4.43. The predicted octanol–water partition coefficient (Wildman–Crippen LogP) is 2.12. The van der Waals surface area contributed by atoms with Crippen LogP contribution in [0.2, 0.25) is 0 Å². The molecule has 0 aliphatic carbocycles. The molecule has 0 saturated carbocycles. The zero-order valence-electron chi connectivity index (χ0n) is 14.7. The van der Waals surface area contributed by atoms with Crippen LogP contribution in [0.3, 0.4) is 0 Å². The summed E-state index contributed by atoms with van der Waals surface area (Å²) >= 11 is 0. The minimum absolute atomic E-state index is 0.0166. The van der Waals surface area contributed by atoms with Gasteiger partial charge in [-0.1, -0.05) is 25.1 Å². The van der Waals surface area contributed by atoms with Crippen LogP contribution in [0.5, 0.6) is 0 Å². The Morgan fingerprint density at radius 2 is 1.76 bits per heavy atom. The summed E-state index contributed by atoms with van der Waals surface area (Å²) < 4.78 is 39.0. The van der Waals surface area contributed by atoms with Crippen molar-refractivity contribution < 1.29 is 22.8 Å². The lowest BCUT2D eigenvalue weighted by molar-refractivity contribution is -0.138. The molecule has 8 heteroatoms. The highest BCUT2D eigenvalue weighted by Gasteiger charge is 2.33. The Kier molecular flexibility index (Phi) is 7.89. The van der Waals surface area contributed by atoms with Crippen molar-refractivity contribution >= 4 is 11.8 Å². The molecule has 1 rings (SSSR count). The highest BCUT2D eigenvalue weighted by atomic mass is 19.4. The Hall–Kier alpha value is -2.09. The van der Waals surface area contributed by atoms with Crippen LogP contribution in [0.4, 0.5) is 13.2 Å². The summed E-state index contributed by atoms with van der Waals surface area (Å²) in [7, 11) is 3.06. The van der Waals surface area contributed by atoms with E-state index in [0.29, 0.717) is 6.54 Å². The van der Waals surface area contributed by atoms with Crippen LogP contribution in [0, 0.1) is 0 Å². The van der Waals surface area contributed by atoms with Gasteiger partial charge in [-0.05, 0) is 25.1 Å². The SMILES string of the molecule is CCCNC(=O)CN(C)C(=O)CN(C)Cc1ccccc1C(F)(F)F. The van der Waals surface area contributed by atoms with Gasteiger partial charge in [-0.15, -0.1) is 0 Å². The standard InChI is InChI=1S/C17H24F3N3O2/c1-4-9-21-15(24)11-23(3)16(25)12-22(2)10-13-7-5-6-8-14(13)17(18,19)20/h5-8H,4,9-12H2,1-3H3,(H,21,24). The first-order chi connectivity index (χ1) is 11.6. The van der Waals surface area contributed by atoms with E-state index in [1.54, 1.807) is 7.05 Å². The van der Waals surface area contributed by atoms with Crippen LogP contribution in [0.1, 0.15) is 24.5 Å². The normalized spacial score (nSPS) is 11.5. The fourth-order valence-electron chi connectivity index (χ4n) is 2.26. The fourth-order valence-corrected chi connectivity index (χ4v) is 2.26. The monoisotopic (exact) mass is 359 g/mol. The van der Waals surface area contributed by atoms with Crippen LogP contribution >= 0.6 is 0 Å². The number of hydrogen-bond donors (Lipinski definition) is 1. The van der Waals surface area contributed by atoms with Crippen molar-refractivity contribution in [3.8, 4) is 0 Å². The van der Waals surface area contributed by atoms with Crippen molar-refractivity contribution in [2.75, 3.05) is 33.7 Å². The number of amides is 2. The van der Waals surface area contributed by atoms with Crippen LogP contribution in [0.25, 0.3) is 0 Å². The summed E-state index contributed by atoms with van der Waals surface area (Å²) in [6.45, 7) is 2.28. The average molecular weight is 359 g/mol. The molecule has 0 spiro atoms. The van der Waals surface area contributed by atoms with E-state index in [1.165, 1.54) is 35.0 Å². The molecule has 25 heavy (non-hydrogen) atoms. The molecule has 0 aromatic heterocycles. The summed E-state index contributed by atoms with van der Waals surface area (Å²) in [4.78, 5) is 26.5. The van der Waals surface area contributed by atoms with E-state index < -0.39 is 11.7 Å². The molecule has 0 aliphatic heterocycles. The summed E-state index contributed by atoms with van der Waals surface area (Å²) in [5, 5.41) is 2.66. The maximum absolute atomic E-state index is 13.0. The third kappa shape index (κ3) is 7.13. The smallest absolute Gasteiger partial charge is 0.355 e. The molecule has 1 aromatic carbocycles. The molecule has 1 aromatic rings. The number of alkyl halides is 3. The van der Waals surface area contributed by atoms with Crippen molar-refractivity contribution in [3.05, 3.63) is 35.4 Å². The van der Waals surface area contributed by atoms with E-state index in [9.17, 15) is 22.8 Å². The Bertz CT molecular complexity index is 591. The van der Waals surface area contributed by atoms with Gasteiger partial charge in [-0.3, -0.25) is 14.5 Å². The molecule has 0 bridgehead atoms. The van der Waals surface area contributed by atoms with E-state index in [4.69, 9.17) is 0 Å². The molecule has 2 amide bonds. The molecular weight excluding hydrogens is 335 g/mol. The van der Waals surface area contributed by atoms with Crippen molar-refractivity contribution in [2.24, 2.45) is 0 Å². The number of nitrogens with one attached hydrogen (secondary N) is 1. The number of hydrogen-bond acceptors (Lipinski definition) is 3. The van der Waals surface area contributed by atoms with Gasteiger partial charge in [0.15, 0.2) is 0 Å². The number of carbonyl (C=O) groups is 2. The third-order valence-electron chi connectivity index (χ3n) is 3.55. The second-order valence-electron chi connectivity index (χ2n) is 5.93. The summed E-state index contributed by atoms with van der Waals surface area (Å²) in [6.07, 6.45) is -3.64. The Morgan fingerprint density at radius 3 is 2.36 bits per heavy atom. The van der Waals surface area contributed by atoms with Gasteiger partial charge in [0.05, 0.1) is 18.7 Å². The lowest BCUT2D eigenvalue weighted by Gasteiger charge is -2.23. The van der Waals surface area contributed by atoms with Gasteiger partial charge in [0.2, 0.25) is 11.8 Å². The maximum Gasteiger partial charge on any atom is 0.416 e. The molecule has 0 radical (unpaired) electrons. The molecule has 0 fully saturated rings. The van der Waals surface area contributed by atoms with Crippen molar-refractivity contribution in [2.45, 2.75) is 26.1 Å². The lowest BCUT2D eigenvalue weighted by atomic mass is 10.1. The molecule has 140 valence electrons. The van der Waals surface area contributed by atoms with Crippen LogP contribution in [-0.2, 0) is 22.3 Å². The third-order valence-corrected chi connectivity index (χ3v) is 3.55. The summed E-state index contributed by atoms with van der Waals surface area (Å²) in [6, 6.07) is 5.28. The van der Waals surface area contributed by atoms with E-state index in [0.717, 1.165) is 12.5 Å². The fraction of sp³-hybridized carbons (Fsp3) is 0.529. The van der Waals surface area contributed by atoms with Gasteiger partial charge >= 0.3 is 6.18 Å². The predicted molar refractivity (Wildman–Crippen MR) is 88.7 cm³/mol. The number of rotatable bonds is 8. The molecular formula is C17H24F3N3O2. The Balaban J connectivity index is 2.61. The molecule has 0 aliphatic rings. The number of likely N-dealkylation sites (N-methyl/N-ethyl adjacent to an activating group) is 2. The number of halogens is 3. The molecule has 5 nitrogen and oxygen atoms in total. The topological polar surface area (TPSA) is 52.7 Å². The Labute approximate surface area is 145 Å². The maximum atomic E-state index is 13.0. The first-order valence-electron chi connectivity index (χ1n) is 7.99. The zero-order chi connectivity index (χ0) is 19.0. The van der Waals surface area contributed by atoms with Gasteiger partial charge in [0.25, 0.3) is 0 Å². The van der Waals surface area contributed by atoms with E-state index >= 15 is 0 Å². The van der Waals surface area contributed by atoms with Crippen molar-refractivity contribution in [1.82, 2.24) is 15.1 Å². The van der Waals surface area contributed by atoms with Crippen LogP contribution < -0.4 is 5.32 Å². The van der Waals surface area contributed by atoms with E-state index in [2.05, 4.69) is 5.32 Å². The summed E-state index contributed by atoms with van der Waals surface area (Å²) in [5.74, 6) is -0.596. The minimum Gasteiger partial charge on any atom is -0.355 e. The molecule has 0 atom stereocenters.